The molecule has 0 spiro atoms. The lowest BCUT2D eigenvalue weighted by atomic mass is 9.65. The van der Waals surface area contributed by atoms with Crippen molar-refractivity contribution in [1.82, 2.24) is 19.9 Å². The van der Waals surface area contributed by atoms with Crippen LogP contribution in [0.4, 0.5) is 5.82 Å². The van der Waals surface area contributed by atoms with E-state index in [0.717, 1.165) is 17.9 Å². The molecule has 1 saturated heterocycles. The zero-order valence-corrected chi connectivity index (χ0v) is 13.4. The molecule has 6 heteroatoms. The van der Waals surface area contributed by atoms with E-state index in [2.05, 4.69) is 45.6 Å². The van der Waals surface area contributed by atoms with Crippen molar-refractivity contribution in [2.45, 2.75) is 46.1 Å². The number of nitrogens with one attached hydrogen (secondary N) is 1. The Kier molecular flexibility index (Phi) is 2.60. The van der Waals surface area contributed by atoms with E-state index in [1.54, 1.807) is 6.33 Å². The Morgan fingerprint density at radius 3 is 2.90 bits per heavy atom. The number of H-pyrrole nitrogens is 1. The summed E-state index contributed by atoms with van der Waals surface area (Å²) >= 11 is 6.09. The highest BCUT2D eigenvalue weighted by Crippen LogP contribution is 2.53. The van der Waals surface area contributed by atoms with Gasteiger partial charge in [0.2, 0.25) is 5.28 Å². The third-order valence-corrected chi connectivity index (χ3v) is 5.10. The largest absolute Gasteiger partial charge is 0.351 e. The van der Waals surface area contributed by atoms with Crippen LogP contribution in [0.5, 0.6) is 0 Å². The summed E-state index contributed by atoms with van der Waals surface area (Å²) in [6.07, 6.45) is 5.35. The standard InChI is InChI=1S/C15H20ClN5/c1-14(2)4-9-5-15(3,6-14)7-21(9)12-10-11(18-8-17-10)19-13(16)20-12/h8-9H,4-7H2,1-3H3,(H,17,18,19,20)/t9-,15-/m1/s1. The second-order valence-corrected chi connectivity index (χ2v) is 8.10. The lowest BCUT2D eigenvalue weighted by Crippen LogP contribution is -2.35. The molecule has 0 radical (unpaired) electrons. The zero-order chi connectivity index (χ0) is 14.8. The molecule has 5 nitrogen and oxygen atoms in total. The Morgan fingerprint density at radius 2 is 2.10 bits per heavy atom. The van der Waals surface area contributed by atoms with Gasteiger partial charge in [-0.3, -0.25) is 0 Å². The fourth-order valence-corrected chi connectivity index (χ4v) is 4.87. The number of hydrogen-bond acceptors (Lipinski definition) is 4. The molecule has 2 aliphatic rings. The van der Waals surface area contributed by atoms with Crippen LogP contribution in [0.1, 0.15) is 40.0 Å². The van der Waals surface area contributed by atoms with Gasteiger partial charge in [-0.05, 0) is 41.7 Å². The second-order valence-electron chi connectivity index (χ2n) is 7.76. The summed E-state index contributed by atoms with van der Waals surface area (Å²) in [5.74, 6) is 0.911. The molecule has 1 aliphatic heterocycles. The van der Waals surface area contributed by atoms with Crippen molar-refractivity contribution in [2.24, 2.45) is 10.8 Å². The van der Waals surface area contributed by atoms with Gasteiger partial charge in [-0.2, -0.15) is 9.97 Å². The quantitative estimate of drug-likeness (QED) is 0.820. The van der Waals surface area contributed by atoms with Gasteiger partial charge in [0.25, 0.3) is 0 Å². The summed E-state index contributed by atoms with van der Waals surface area (Å²) in [5, 5.41) is 0.274. The van der Waals surface area contributed by atoms with Gasteiger partial charge in [-0.25, -0.2) is 4.98 Å². The van der Waals surface area contributed by atoms with Gasteiger partial charge >= 0.3 is 0 Å². The molecule has 0 unspecified atom stereocenters. The molecule has 3 heterocycles. The highest BCUT2D eigenvalue weighted by Gasteiger charge is 2.50. The van der Waals surface area contributed by atoms with Crippen LogP contribution in [0.15, 0.2) is 6.33 Å². The van der Waals surface area contributed by atoms with Crippen LogP contribution in [0.3, 0.4) is 0 Å². The molecule has 2 bridgehead atoms. The van der Waals surface area contributed by atoms with Gasteiger partial charge in [0, 0.05) is 12.6 Å². The average molecular weight is 306 g/mol. The summed E-state index contributed by atoms with van der Waals surface area (Å²) in [5.41, 5.74) is 2.29. The van der Waals surface area contributed by atoms with Gasteiger partial charge < -0.3 is 9.88 Å². The zero-order valence-electron chi connectivity index (χ0n) is 12.6. The maximum atomic E-state index is 6.09. The highest BCUT2D eigenvalue weighted by atomic mass is 35.5. The maximum Gasteiger partial charge on any atom is 0.226 e. The number of imidazole rings is 1. The first-order valence-corrected chi connectivity index (χ1v) is 7.86. The maximum absolute atomic E-state index is 6.09. The van der Waals surface area contributed by atoms with Crippen LogP contribution in [0.25, 0.3) is 11.2 Å². The summed E-state index contributed by atoms with van der Waals surface area (Å²) in [4.78, 5) is 18.5. The van der Waals surface area contributed by atoms with Gasteiger partial charge in [0.15, 0.2) is 11.5 Å². The lowest BCUT2D eigenvalue weighted by molar-refractivity contribution is 0.136. The number of anilines is 1. The number of hydrogen-bond donors (Lipinski definition) is 1. The van der Waals surface area contributed by atoms with E-state index < -0.39 is 0 Å². The van der Waals surface area contributed by atoms with Crippen LogP contribution in [0.2, 0.25) is 5.28 Å². The Bertz CT molecular complexity index is 709. The predicted molar refractivity (Wildman–Crippen MR) is 83.6 cm³/mol. The van der Waals surface area contributed by atoms with E-state index in [1.165, 1.54) is 19.3 Å². The van der Waals surface area contributed by atoms with E-state index in [1.807, 2.05) is 0 Å². The van der Waals surface area contributed by atoms with Gasteiger partial charge in [0.1, 0.15) is 5.52 Å². The molecule has 2 aromatic heterocycles. The molecule has 2 aromatic rings. The van der Waals surface area contributed by atoms with Crippen molar-refractivity contribution in [2.75, 3.05) is 11.4 Å². The van der Waals surface area contributed by atoms with Crippen LogP contribution < -0.4 is 4.90 Å². The Morgan fingerprint density at radius 1 is 1.29 bits per heavy atom. The molecule has 21 heavy (non-hydrogen) atoms. The molecule has 1 saturated carbocycles. The van der Waals surface area contributed by atoms with Crippen LogP contribution in [0, 0.1) is 10.8 Å². The van der Waals surface area contributed by atoms with E-state index in [0.29, 0.717) is 22.5 Å². The molecule has 4 rings (SSSR count). The Labute approximate surface area is 129 Å². The predicted octanol–water partition coefficient (Wildman–Crippen LogP) is 3.41. The summed E-state index contributed by atoms with van der Waals surface area (Å²) in [6, 6.07) is 0.524. The monoisotopic (exact) mass is 305 g/mol. The molecule has 0 amide bonds. The third kappa shape index (κ3) is 2.09. The van der Waals surface area contributed by atoms with Crippen molar-refractivity contribution >= 4 is 28.6 Å². The molecular formula is C15H20ClN5. The average Bonchev–Trinajstić information content (AvgIpc) is 2.89. The topological polar surface area (TPSA) is 57.7 Å². The highest BCUT2D eigenvalue weighted by molar-refractivity contribution is 6.28. The molecular weight excluding hydrogens is 286 g/mol. The molecule has 2 fully saturated rings. The molecule has 0 aromatic carbocycles. The first-order chi connectivity index (χ1) is 9.85. The molecule has 2 atom stereocenters. The number of rotatable bonds is 1. The number of aromatic amines is 1. The van der Waals surface area contributed by atoms with Crippen LogP contribution >= 0.6 is 11.6 Å². The smallest absolute Gasteiger partial charge is 0.226 e. The summed E-state index contributed by atoms with van der Waals surface area (Å²) in [7, 11) is 0. The lowest BCUT2D eigenvalue weighted by Gasteiger charge is -2.39. The van der Waals surface area contributed by atoms with Gasteiger partial charge in [-0.1, -0.05) is 20.8 Å². The van der Waals surface area contributed by atoms with E-state index in [9.17, 15) is 0 Å². The minimum atomic E-state index is 0.274. The van der Waals surface area contributed by atoms with Crippen molar-refractivity contribution in [3.63, 3.8) is 0 Å². The fourth-order valence-electron chi connectivity index (χ4n) is 4.71. The minimum absolute atomic E-state index is 0.274. The van der Waals surface area contributed by atoms with Crippen molar-refractivity contribution in [3.05, 3.63) is 11.6 Å². The molecule has 1 aliphatic carbocycles. The number of fused-ring (bicyclic) bond motifs is 3. The molecule has 1 N–H and O–H groups in total. The second kappa shape index (κ2) is 4.09. The number of nitrogens with zero attached hydrogens (tertiary/aromatic N) is 4. The normalized spacial score (nSPS) is 31.0. The number of aromatic nitrogens is 4. The summed E-state index contributed by atoms with van der Waals surface area (Å²) in [6.45, 7) is 8.18. The van der Waals surface area contributed by atoms with Crippen LogP contribution in [-0.2, 0) is 0 Å². The van der Waals surface area contributed by atoms with E-state index in [4.69, 9.17) is 11.6 Å². The summed E-state index contributed by atoms with van der Waals surface area (Å²) < 4.78 is 0. The van der Waals surface area contributed by atoms with E-state index >= 15 is 0 Å². The first-order valence-electron chi connectivity index (χ1n) is 7.49. The molecule has 112 valence electrons. The van der Waals surface area contributed by atoms with Crippen molar-refractivity contribution in [1.29, 1.82) is 0 Å². The number of halogens is 1. The van der Waals surface area contributed by atoms with Crippen molar-refractivity contribution in [3.8, 4) is 0 Å². The third-order valence-electron chi connectivity index (χ3n) is 4.93. The van der Waals surface area contributed by atoms with Gasteiger partial charge in [0.05, 0.1) is 6.33 Å². The van der Waals surface area contributed by atoms with Crippen molar-refractivity contribution < 1.29 is 0 Å². The Hall–Kier alpha value is -1.36. The van der Waals surface area contributed by atoms with Crippen LogP contribution in [-0.4, -0.2) is 32.5 Å². The van der Waals surface area contributed by atoms with Gasteiger partial charge in [-0.15, -0.1) is 0 Å². The fraction of sp³-hybridized carbons (Fsp3) is 0.667. The Balaban J connectivity index is 1.81. The first kappa shape index (κ1) is 13.3. The van der Waals surface area contributed by atoms with E-state index in [-0.39, 0.29) is 5.28 Å². The SMILES string of the molecule is CC1(C)C[C@@H]2C[C@@](C)(CN2c2nc(Cl)nc3nc[nH]c23)C1. The minimum Gasteiger partial charge on any atom is -0.351 e.